The van der Waals surface area contributed by atoms with Gasteiger partial charge in [0.05, 0.1) is 11.0 Å². The zero-order chi connectivity index (χ0) is 15.5. The second-order valence-electron chi connectivity index (χ2n) is 4.85. The van der Waals surface area contributed by atoms with Crippen molar-refractivity contribution in [2.75, 3.05) is 6.54 Å². The minimum Gasteiger partial charge on any atom is -0.389 e. The van der Waals surface area contributed by atoms with Crippen LogP contribution in [0.4, 0.5) is 0 Å². The molecule has 0 radical (unpaired) electrons. The van der Waals surface area contributed by atoms with E-state index in [0.717, 1.165) is 5.82 Å². The van der Waals surface area contributed by atoms with Crippen LogP contribution in [0.15, 0.2) is 41.6 Å². The van der Waals surface area contributed by atoms with Crippen molar-refractivity contribution in [1.29, 1.82) is 0 Å². The monoisotopic (exact) mass is 309 g/mol. The summed E-state index contributed by atoms with van der Waals surface area (Å²) in [6.07, 6.45) is 3.41. The van der Waals surface area contributed by atoms with Gasteiger partial charge in [-0.1, -0.05) is 12.1 Å². The number of aliphatic hydroxyl groups is 1. The molecule has 21 heavy (non-hydrogen) atoms. The Hall–Kier alpha value is -1.70. The predicted molar refractivity (Wildman–Crippen MR) is 79.2 cm³/mol. The molecule has 0 aliphatic heterocycles. The highest BCUT2D eigenvalue weighted by molar-refractivity contribution is 7.89. The first-order chi connectivity index (χ1) is 9.90. The molecular formula is C14H19N3O3S. The predicted octanol–water partition coefficient (Wildman–Crippen LogP) is 0.994. The fraction of sp³-hybridized carbons (Fsp3) is 0.357. The van der Waals surface area contributed by atoms with E-state index < -0.39 is 16.1 Å². The molecule has 0 saturated carbocycles. The summed E-state index contributed by atoms with van der Waals surface area (Å²) in [5.41, 5.74) is 0.682. The van der Waals surface area contributed by atoms with Crippen LogP contribution in [0.5, 0.6) is 0 Å². The molecule has 1 atom stereocenters. The summed E-state index contributed by atoms with van der Waals surface area (Å²) >= 11 is 0. The van der Waals surface area contributed by atoms with Crippen LogP contribution in [0.1, 0.15) is 24.4 Å². The molecule has 2 N–H and O–H groups in total. The smallest absolute Gasteiger partial charge is 0.240 e. The number of aliphatic hydroxyl groups excluding tert-OH is 1. The summed E-state index contributed by atoms with van der Waals surface area (Å²) in [4.78, 5) is 4.33. The van der Waals surface area contributed by atoms with E-state index in [9.17, 15) is 13.5 Å². The summed E-state index contributed by atoms with van der Waals surface area (Å²) in [5.74, 6) is 0.821. The van der Waals surface area contributed by atoms with E-state index in [1.54, 1.807) is 25.3 Å². The summed E-state index contributed by atoms with van der Waals surface area (Å²) in [5, 5.41) is 9.42. The lowest BCUT2D eigenvalue weighted by molar-refractivity contribution is 0.199. The van der Waals surface area contributed by atoms with Crippen LogP contribution in [-0.2, 0) is 23.5 Å². The average Bonchev–Trinajstić information content (AvgIpc) is 2.84. The van der Waals surface area contributed by atoms with E-state index >= 15 is 0 Å². The molecule has 7 heteroatoms. The van der Waals surface area contributed by atoms with E-state index in [2.05, 4.69) is 9.71 Å². The standard InChI is InChI=1S/C14H19N3O3S/c1-11(18)12-3-5-13(6-4-12)21(19,20)16-8-7-14-15-9-10-17(14)2/h3-6,9-11,16,18H,7-8H2,1-2H3. The highest BCUT2D eigenvalue weighted by atomic mass is 32.2. The lowest BCUT2D eigenvalue weighted by atomic mass is 10.1. The van der Waals surface area contributed by atoms with Crippen molar-refractivity contribution in [3.05, 3.63) is 48.0 Å². The number of aryl methyl sites for hydroxylation is 1. The van der Waals surface area contributed by atoms with Crippen LogP contribution in [-0.4, -0.2) is 29.6 Å². The summed E-state index contributed by atoms with van der Waals surface area (Å²) in [7, 11) is -1.67. The minimum atomic E-state index is -3.54. The number of rotatable bonds is 6. The Balaban J connectivity index is 1.99. The molecule has 2 aromatic rings. The van der Waals surface area contributed by atoms with Gasteiger partial charge in [-0.2, -0.15) is 0 Å². The molecule has 0 saturated heterocycles. The number of nitrogens with one attached hydrogen (secondary N) is 1. The maximum absolute atomic E-state index is 12.1. The minimum absolute atomic E-state index is 0.187. The number of imidazole rings is 1. The highest BCUT2D eigenvalue weighted by Crippen LogP contribution is 2.15. The van der Waals surface area contributed by atoms with Crippen molar-refractivity contribution in [1.82, 2.24) is 14.3 Å². The van der Waals surface area contributed by atoms with Gasteiger partial charge in [-0.05, 0) is 24.6 Å². The third-order valence-corrected chi connectivity index (χ3v) is 4.71. The van der Waals surface area contributed by atoms with E-state index in [-0.39, 0.29) is 11.4 Å². The van der Waals surface area contributed by atoms with Gasteiger partial charge in [-0.3, -0.25) is 0 Å². The molecule has 0 aliphatic carbocycles. The Morgan fingerprint density at radius 2 is 2.00 bits per heavy atom. The molecule has 1 heterocycles. The zero-order valence-electron chi connectivity index (χ0n) is 12.0. The van der Waals surface area contributed by atoms with Crippen molar-refractivity contribution in [3.8, 4) is 0 Å². The number of hydrogen-bond donors (Lipinski definition) is 2. The Morgan fingerprint density at radius 3 is 2.52 bits per heavy atom. The highest BCUT2D eigenvalue weighted by Gasteiger charge is 2.14. The lowest BCUT2D eigenvalue weighted by Crippen LogP contribution is -2.26. The first-order valence-corrected chi connectivity index (χ1v) is 8.12. The summed E-state index contributed by atoms with van der Waals surface area (Å²) in [6.45, 7) is 1.92. The Bertz CT molecular complexity index is 691. The van der Waals surface area contributed by atoms with Gasteiger partial charge >= 0.3 is 0 Å². The molecule has 0 aliphatic rings. The summed E-state index contributed by atoms with van der Waals surface area (Å²) in [6, 6.07) is 6.20. The van der Waals surface area contributed by atoms with Crippen LogP contribution >= 0.6 is 0 Å². The molecule has 2 rings (SSSR count). The van der Waals surface area contributed by atoms with Crippen LogP contribution < -0.4 is 4.72 Å². The van der Waals surface area contributed by atoms with Crippen molar-refractivity contribution < 1.29 is 13.5 Å². The molecule has 0 fully saturated rings. The maximum Gasteiger partial charge on any atom is 0.240 e. The van der Waals surface area contributed by atoms with Gasteiger partial charge in [0.1, 0.15) is 5.82 Å². The molecule has 0 bridgehead atoms. The van der Waals surface area contributed by atoms with Gasteiger partial charge in [0.2, 0.25) is 10.0 Å². The van der Waals surface area contributed by atoms with Crippen LogP contribution in [0.2, 0.25) is 0 Å². The van der Waals surface area contributed by atoms with Crippen LogP contribution in [0.3, 0.4) is 0 Å². The van der Waals surface area contributed by atoms with Gasteiger partial charge in [0, 0.05) is 32.4 Å². The van der Waals surface area contributed by atoms with E-state index in [4.69, 9.17) is 0 Å². The Kier molecular flexibility index (Phi) is 4.76. The molecule has 1 unspecified atom stereocenters. The van der Waals surface area contributed by atoms with Gasteiger partial charge in [0.15, 0.2) is 0 Å². The Morgan fingerprint density at radius 1 is 1.33 bits per heavy atom. The maximum atomic E-state index is 12.1. The van der Waals surface area contributed by atoms with Crippen molar-refractivity contribution >= 4 is 10.0 Å². The molecule has 1 aromatic heterocycles. The van der Waals surface area contributed by atoms with E-state index in [0.29, 0.717) is 12.0 Å². The number of aromatic nitrogens is 2. The number of sulfonamides is 1. The van der Waals surface area contributed by atoms with Gasteiger partial charge in [-0.15, -0.1) is 0 Å². The first kappa shape index (κ1) is 15.7. The third kappa shape index (κ3) is 3.90. The second-order valence-corrected chi connectivity index (χ2v) is 6.61. The fourth-order valence-corrected chi connectivity index (χ4v) is 2.98. The molecule has 6 nitrogen and oxygen atoms in total. The van der Waals surface area contributed by atoms with Gasteiger partial charge in [0.25, 0.3) is 0 Å². The molecule has 0 amide bonds. The van der Waals surface area contributed by atoms with Crippen LogP contribution in [0.25, 0.3) is 0 Å². The first-order valence-electron chi connectivity index (χ1n) is 6.64. The Labute approximate surface area is 124 Å². The quantitative estimate of drug-likeness (QED) is 0.833. The SMILES string of the molecule is CC(O)c1ccc(S(=O)(=O)NCCc2nccn2C)cc1. The van der Waals surface area contributed by atoms with Crippen molar-refractivity contribution in [2.45, 2.75) is 24.3 Å². The van der Waals surface area contributed by atoms with E-state index in [1.807, 2.05) is 17.8 Å². The number of nitrogens with zero attached hydrogens (tertiary/aromatic N) is 2. The molecule has 114 valence electrons. The molecular weight excluding hydrogens is 290 g/mol. The van der Waals surface area contributed by atoms with Crippen LogP contribution in [0, 0.1) is 0 Å². The second kappa shape index (κ2) is 6.38. The largest absolute Gasteiger partial charge is 0.389 e. The topological polar surface area (TPSA) is 84.2 Å². The molecule has 0 spiro atoms. The third-order valence-electron chi connectivity index (χ3n) is 3.23. The average molecular weight is 309 g/mol. The van der Waals surface area contributed by atoms with E-state index in [1.165, 1.54) is 12.1 Å². The number of hydrogen-bond acceptors (Lipinski definition) is 4. The summed E-state index contributed by atoms with van der Waals surface area (Å²) < 4.78 is 28.7. The number of benzene rings is 1. The van der Waals surface area contributed by atoms with Crippen molar-refractivity contribution in [2.24, 2.45) is 7.05 Å². The fourth-order valence-electron chi connectivity index (χ4n) is 1.94. The lowest BCUT2D eigenvalue weighted by Gasteiger charge is -2.09. The van der Waals surface area contributed by atoms with Gasteiger partial charge < -0.3 is 9.67 Å². The van der Waals surface area contributed by atoms with Gasteiger partial charge in [-0.25, -0.2) is 18.1 Å². The normalized spacial score (nSPS) is 13.3. The molecule has 1 aromatic carbocycles. The van der Waals surface area contributed by atoms with Crippen molar-refractivity contribution in [3.63, 3.8) is 0 Å². The zero-order valence-corrected chi connectivity index (χ0v) is 12.8.